The number of hydrogen-bond acceptors (Lipinski definition) is 6. The number of nitrogens with zero attached hydrogens (tertiary/aromatic N) is 3. The van der Waals surface area contributed by atoms with E-state index in [1.54, 1.807) is 18.2 Å². The molecule has 1 aliphatic rings. The zero-order chi connectivity index (χ0) is 26.1. The SMILES string of the molecule is CCS(=O)(=O)c1c(-c2nc3cc(C(F)(F)C(F)(F)F)ccc3o2)ncc2cc(C3(C#N)CC3)ccc12. The molecule has 2 heterocycles. The van der Waals surface area contributed by atoms with Gasteiger partial charge in [-0.05, 0) is 42.7 Å². The van der Waals surface area contributed by atoms with Gasteiger partial charge in [-0.2, -0.15) is 27.2 Å². The predicted octanol–water partition coefficient (Wildman–Crippen LogP) is 6.05. The number of halogens is 5. The largest absolute Gasteiger partial charge is 0.458 e. The molecule has 0 radical (unpaired) electrons. The minimum atomic E-state index is -5.81. The first kappa shape index (κ1) is 24.1. The van der Waals surface area contributed by atoms with E-state index in [0.717, 1.165) is 11.6 Å². The molecule has 5 rings (SSSR count). The first-order valence-corrected chi connectivity index (χ1v) is 12.4. The van der Waals surface area contributed by atoms with Crippen molar-refractivity contribution >= 4 is 31.7 Å². The molecule has 1 saturated carbocycles. The summed E-state index contributed by atoms with van der Waals surface area (Å²) in [6.45, 7) is 1.43. The Morgan fingerprint density at radius 1 is 1.11 bits per heavy atom. The molecule has 0 bridgehead atoms. The van der Waals surface area contributed by atoms with Gasteiger partial charge in [0.1, 0.15) is 16.1 Å². The van der Waals surface area contributed by atoms with E-state index in [4.69, 9.17) is 4.42 Å². The Labute approximate surface area is 201 Å². The molecular weight excluding hydrogens is 505 g/mol. The van der Waals surface area contributed by atoms with Crippen LogP contribution in [0.5, 0.6) is 0 Å². The summed E-state index contributed by atoms with van der Waals surface area (Å²) >= 11 is 0. The molecule has 0 amide bonds. The highest BCUT2D eigenvalue weighted by Gasteiger charge is 2.58. The molecule has 36 heavy (non-hydrogen) atoms. The van der Waals surface area contributed by atoms with Crippen LogP contribution in [0, 0.1) is 11.3 Å². The standard InChI is InChI=1S/C24H16F5N3O3S/c1-2-36(33,34)20-16-5-3-14(22(12-30)7-8-22)9-13(16)11-31-19(20)21-32-17-10-15(4-6-18(17)35-21)23(25,26)24(27,28)29/h3-6,9-11H,2,7-8H2,1H3. The lowest BCUT2D eigenvalue weighted by molar-refractivity contribution is -0.289. The van der Waals surface area contributed by atoms with Crippen LogP contribution in [0.3, 0.4) is 0 Å². The summed E-state index contributed by atoms with van der Waals surface area (Å²) in [6.07, 6.45) is -3.04. The van der Waals surface area contributed by atoms with Crippen LogP contribution in [0.2, 0.25) is 0 Å². The number of nitriles is 1. The van der Waals surface area contributed by atoms with E-state index in [2.05, 4.69) is 16.0 Å². The summed E-state index contributed by atoms with van der Waals surface area (Å²) in [5, 5.41) is 10.3. The first-order valence-electron chi connectivity index (χ1n) is 10.8. The van der Waals surface area contributed by atoms with E-state index >= 15 is 0 Å². The van der Waals surface area contributed by atoms with Gasteiger partial charge in [-0.25, -0.2) is 18.4 Å². The molecule has 186 valence electrons. The van der Waals surface area contributed by atoms with Crippen LogP contribution < -0.4 is 0 Å². The number of hydrogen-bond donors (Lipinski definition) is 0. The summed E-state index contributed by atoms with van der Waals surface area (Å²) in [5.74, 6) is -5.75. The Balaban J connectivity index is 1.70. The van der Waals surface area contributed by atoms with Gasteiger partial charge in [-0.3, -0.25) is 0 Å². The number of pyridine rings is 1. The molecule has 6 nitrogen and oxygen atoms in total. The van der Waals surface area contributed by atoms with Crippen molar-refractivity contribution in [2.75, 3.05) is 5.75 Å². The minimum absolute atomic E-state index is 0.117. The van der Waals surface area contributed by atoms with Gasteiger partial charge in [0.2, 0.25) is 5.89 Å². The first-order chi connectivity index (χ1) is 16.8. The summed E-state index contributed by atoms with van der Waals surface area (Å²) in [7, 11) is -3.93. The highest BCUT2D eigenvalue weighted by atomic mass is 32.2. The number of sulfone groups is 1. The van der Waals surface area contributed by atoms with Gasteiger partial charge < -0.3 is 4.42 Å². The lowest BCUT2D eigenvalue weighted by atomic mass is 9.95. The second-order valence-electron chi connectivity index (χ2n) is 8.61. The van der Waals surface area contributed by atoms with Crippen LogP contribution in [0.1, 0.15) is 30.9 Å². The van der Waals surface area contributed by atoms with Crippen LogP contribution in [-0.2, 0) is 21.2 Å². The number of oxazole rings is 1. The fourth-order valence-corrected chi connectivity index (χ4v) is 5.33. The number of rotatable bonds is 5. The predicted molar refractivity (Wildman–Crippen MR) is 119 cm³/mol. The van der Waals surface area contributed by atoms with Crippen molar-refractivity contribution in [3.05, 3.63) is 53.7 Å². The smallest absolute Gasteiger partial charge is 0.435 e. The van der Waals surface area contributed by atoms with E-state index in [9.17, 15) is 35.6 Å². The van der Waals surface area contributed by atoms with Crippen LogP contribution in [0.4, 0.5) is 22.0 Å². The van der Waals surface area contributed by atoms with Crippen molar-refractivity contribution in [3.63, 3.8) is 0 Å². The van der Waals surface area contributed by atoms with Gasteiger partial charge in [0.15, 0.2) is 15.4 Å². The lowest BCUT2D eigenvalue weighted by Crippen LogP contribution is -2.33. The van der Waals surface area contributed by atoms with Crippen molar-refractivity contribution in [1.82, 2.24) is 9.97 Å². The summed E-state index contributed by atoms with van der Waals surface area (Å²) in [5.41, 5.74) is -1.81. The van der Waals surface area contributed by atoms with Crippen LogP contribution >= 0.6 is 0 Å². The molecule has 0 aliphatic heterocycles. The maximum Gasteiger partial charge on any atom is 0.458 e. The van der Waals surface area contributed by atoms with E-state index in [1.165, 1.54) is 13.1 Å². The number of fused-ring (bicyclic) bond motifs is 2. The van der Waals surface area contributed by atoms with E-state index in [0.29, 0.717) is 35.7 Å². The molecule has 0 atom stereocenters. The van der Waals surface area contributed by atoms with E-state index < -0.39 is 32.9 Å². The number of alkyl halides is 5. The Morgan fingerprint density at radius 2 is 1.83 bits per heavy atom. The summed E-state index contributed by atoms with van der Waals surface area (Å²) in [4.78, 5) is 8.01. The second kappa shape index (κ2) is 7.70. The molecule has 2 aromatic heterocycles. The highest BCUT2D eigenvalue weighted by Crippen LogP contribution is 2.49. The molecule has 12 heteroatoms. The third-order valence-electron chi connectivity index (χ3n) is 6.36. The Hall–Kier alpha value is -3.59. The molecule has 4 aromatic rings. The summed E-state index contributed by atoms with van der Waals surface area (Å²) < 4.78 is 97.7. The Bertz CT molecular complexity index is 1680. The second-order valence-corrected chi connectivity index (χ2v) is 10.8. The topological polar surface area (TPSA) is 96.8 Å². The van der Waals surface area contributed by atoms with Gasteiger partial charge in [-0.15, -0.1) is 0 Å². The normalized spacial score (nSPS) is 15.8. The lowest BCUT2D eigenvalue weighted by Gasteiger charge is -2.19. The molecule has 0 unspecified atom stereocenters. The van der Waals surface area contributed by atoms with Crippen LogP contribution in [0.25, 0.3) is 33.5 Å². The minimum Gasteiger partial charge on any atom is -0.435 e. The van der Waals surface area contributed by atoms with Gasteiger partial charge in [0, 0.05) is 22.5 Å². The quantitative estimate of drug-likeness (QED) is 0.297. The average Bonchev–Trinajstić information content (AvgIpc) is 3.53. The highest BCUT2D eigenvalue weighted by molar-refractivity contribution is 7.91. The van der Waals surface area contributed by atoms with Crippen molar-refractivity contribution in [2.24, 2.45) is 0 Å². The van der Waals surface area contributed by atoms with Gasteiger partial charge in [0.05, 0.1) is 17.2 Å². The van der Waals surface area contributed by atoms with Crippen molar-refractivity contribution in [1.29, 1.82) is 5.26 Å². The fourth-order valence-electron chi connectivity index (χ4n) is 4.08. The van der Waals surface area contributed by atoms with Gasteiger partial charge in [-0.1, -0.05) is 19.1 Å². The third-order valence-corrected chi connectivity index (χ3v) is 8.16. The molecule has 2 aromatic carbocycles. The fraction of sp³-hybridized carbons (Fsp3) is 0.292. The Kier molecular flexibility index (Phi) is 5.16. The van der Waals surface area contributed by atoms with Crippen molar-refractivity contribution in [2.45, 2.75) is 42.2 Å². The zero-order valence-electron chi connectivity index (χ0n) is 18.5. The number of benzene rings is 2. The number of aromatic nitrogens is 2. The Morgan fingerprint density at radius 3 is 2.44 bits per heavy atom. The van der Waals surface area contributed by atoms with Gasteiger partial charge in [0.25, 0.3) is 0 Å². The monoisotopic (exact) mass is 521 g/mol. The molecular formula is C24H16F5N3O3S. The molecule has 1 aliphatic carbocycles. The zero-order valence-corrected chi connectivity index (χ0v) is 19.3. The molecule has 0 saturated heterocycles. The summed E-state index contributed by atoms with van der Waals surface area (Å²) in [6, 6.07) is 9.27. The van der Waals surface area contributed by atoms with Gasteiger partial charge >= 0.3 is 12.1 Å². The average molecular weight is 521 g/mol. The maximum atomic E-state index is 13.8. The third kappa shape index (κ3) is 3.61. The molecule has 0 spiro atoms. The van der Waals surface area contributed by atoms with Crippen LogP contribution in [0.15, 0.2) is 51.9 Å². The van der Waals surface area contributed by atoms with E-state index in [1.807, 2.05) is 0 Å². The van der Waals surface area contributed by atoms with Crippen LogP contribution in [-0.4, -0.2) is 30.3 Å². The molecule has 0 N–H and O–H groups in total. The van der Waals surface area contributed by atoms with Crippen molar-refractivity contribution < 1.29 is 34.8 Å². The molecule has 1 fully saturated rings. The van der Waals surface area contributed by atoms with Crippen molar-refractivity contribution in [3.8, 4) is 17.7 Å². The maximum absolute atomic E-state index is 13.8. The van der Waals surface area contributed by atoms with E-state index in [-0.39, 0.29) is 33.3 Å².